The summed E-state index contributed by atoms with van der Waals surface area (Å²) in [6.07, 6.45) is 2.87. The molecule has 0 radical (unpaired) electrons. The van der Waals surface area contributed by atoms with Gasteiger partial charge in [-0.15, -0.1) is 0 Å². The standard InChI is InChI=1S/C16H34N4/c1-7-16(14-17,18-8-2)11-10-12-20(9-3)15(4)13-19(5)6/h15,18H,7-13H2,1-6H3. The fourth-order valence-electron chi connectivity index (χ4n) is 2.82. The highest BCUT2D eigenvalue weighted by molar-refractivity contribution is 5.06. The molecule has 0 aliphatic heterocycles. The van der Waals surface area contributed by atoms with E-state index in [1.807, 2.05) is 0 Å². The van der Waals surface area contributed by atoms with Gasteiger partial charge in [0.15, 0.2) is 0 Å². The average Bonchev–Trinajstić information content (AvgIpc) is 2.41. The van der Waals surface area contributed by atoms with Crippen molar-refractivity contribution in [3.8, 4) is 6.07 Å². The maximum absolute atomic E-state index is 9.43. The number of hydrogen-bond donors (Lipinski definition) is 1. The molecule has 1 N–H and O–H groups in total. The normalized spacial score (nSPS) is 16.1. The Kier molecular flexibility index (Phi) is 9.83. The first kappa shape index (κ1) is 19.4. The molecule has 0 aliphatic rings. The van der Waals surface area contributed by atoms with Gasteiger partial charge in [0.1, 0.15) is 5.54 Å². The predicted molar refractivity (Wildman–Crippen MR) is 86.8 cm³/mol. The van der Waals surface area contributed by atoms with E-state index in [9.17, 15) is 5.26 Å². The van der Waals surface area contributed by atoms with Crippen LogP contribution in [0.5, 0.6) is 0 Å². The lowest BCUT2D eigenvalue weighted by molar-refractivity contribution is 0.174. The Labute approximate surface area is 126 Å². The van der Waals surface area contributed by atoms with E-state index in [-0.39, 0.29) is 5.54 Å². The molecule has 4 heteroatoms. The summed E-state index contributed by atoms with van der Waals surface area (Å²) in [5, 5.41) is 12.8. The van der Waals surface area contributed by atoms with Crippen LogP contribution in [0.15, 0.2) is 0 Å². The molecule has 0 bridgehead atoms. The third kappa shape index (κ3) is 6.69. The maximum atomic E-state index is 9.43. The lowest BCUT2D eigenvalue weighted by Crippen LogP contribution is -2.45. The number of likely N-dealkylation sites (N-methyl/N-ethyl adjacent to an activating group) is 2. The van der Waals surface area contributed by atoms with Crippen LogP contribution in [0.2, 0.25) is 0 Å². The number of rotatable bonds is 11. The van der Waals surface area contributed by atoms with Crippen molar-refractivity contribution in [3.05, 3.63) is 0 Å². The van der Waals surface area contributed by atoms with Crippen LogP contribution in [0.3, 0.4) is 0 Å². The summed E-state index contributed by atoms with van der Waals surface area (Å²) in [6, 6.07) is 3.04. The highest BCUT2D eigenvalue weighted by atomic mass is 15.2. The van der Waals surface area contributed by atoms with Gasteiger partial charge in [-0.05, 0) is 59.9 Å². The van der Waals surface area contributed by atoms with Gasteiger partial charge in [0.05, 0.1) is 6.07 Å². The molecule has 2 unspecified atom stereocenters. The summed E-state index contributed by atoms with van der Waals surface area (Å²) in [5.74, 6) is 0. The van der Waals surface area contributed by atoms with Gasteiger partial charge in [-0.1, -0.05) is 20.8 Å². The minimum atomic E-state index is -0.334. The van der Waals surface area contributed by atoms with E-state index in [4.69, 9.17) is 0 Å². The first-order chi connectivity index (χ1) is 9.44. The molecule has 2 atom stereocenters. The number of nitrogens with zero attached hydrogens (tertiary/aromatic N) is 3. The summed E-state index contributed by atoms with van der Waals surface area (Å²) in [5.41, 5.74) is -0.334. The third-order valence-corrected chi connectivity index (χ3v) is 4.04. The fraction of sp³-hybridized carbons (Fsp3) is 0.938. The average molecular weight is 282 g/mol. The Morgan fingerprint density at radius 2 is 1.90 bits per heavy atom. The second kappa shape index (κ2) is 10.1. The number of nitrogens with one attached hydrogen (secondary N) is 1. The molecule has 0 rings (SSSR count). The fourth-order valence-corrected chi connectivity index (χ4v) is 2.82. The Hall–Kier alpha value is -0.630. The van der Waals surface area contributed by atoms with Crippen LogP contribution in [0.1, 0.15) is 47.0 Å². The lowest BCUT2D eigenvalue weighted by atomic mass is 9.91. The molecule has 0 saturated heterocycles. The van der Waals surface area contributed by atoms with Gasteiger partial charge in [0, 0.05) is 12.6 Å². The molecule has 0 heterocycles. The van der Waals surface area contributed by atoms with Crippen LogP contribution in [0.4, 0.5) is 0 Å². The van der Waals surface area contributed by atoms with E-state index in [0.29, 0.717) is 6.04 Å². The van der Waals surface area contributed by atoms with Crippen molar-refractivity contribution in [2.45, 2.75) is 58.5 Å². The molecular weight excluding hydrogens is 248 g/mol. The van der Waals surface area contributed by atoms with E-state index >= 15 is 0 Å². The quantitative estimate of drug-likeness (QED) is 0.631. The summed E-state index contributed by atoms with van der Waals surface area (Å²) < 4.78 is 0. The molecule has 4 nitrogen and oxygen atoms in total. The molecule has 0 aromatic rings. The molecule has 0 spiro atoms. The first-order valence-electron chi connectivity index (χ1n) is 7.99. The van der Waals surface area contributed by atoms with Gasteiger partial charge >= 0.3 is 0 Å². The molecule has 0 amide bonds. The van der Waals surface area contributed by atoms with E-state index in [1.165, 1.54) is 0 Å². The molecular formula is C16H34N4. The van der Waals surface area contributed by atoms with Crippen molar-refractivity contribution in [2.24, 2.45) is 0 Å². The number of hydrogen-bond acceptors (Lipinski definition) is 4. The van der Waals surface area contributed by atoms with Gasteiger partial charge in [-0.25, -0.2) is 0 Å². The van der Waals surface area contributed by atoms with Crippen LogP contribution in [0, 0.1) is 11.3 Å². The van der Waals surface area contributed by atoms with Crippen LogP contribution in [-0.4, -0.2) is 61.7 Å². The monoisotopic (exact) mass is 282 g/mol. The lowest BCUT2D eigenvalue weighted by Gasteiger charge is -2.32. The van der Waals surface area contributed by atoms with Crippen molar-refractivity contribution >= 4 is 0 Å². The summed E-state index contributed by atoms with van der Waals surface area (Å²) in [7, 11) is 4.24. The molecule has 0 aromatic carbocycles. The maximum Gasteiger partial charge on any atom is 0.106 e. The largest absolute Gasteiger partial charge is 0.308 e. The van der Waals surface area contributed by atoms with Gasteiger partial charge in [-0.2, -0.15) is 5.26 Å². The van der Waals surface area contributed by atoms with Gasteiger partial charge in [0.25, 0.3) is 0 Å². The second-order valence-corrected chi connectivity index (χ2v) is 5.92. The zero-order valence-corrected chi connectivity index (χ0v) is 14.4. The van der Waals surface area contributed by atoms with Crippen molar-refractivity contribution < 1.29 is 0 Å². The summed E-state index contributed by atoms with van der Waals surface area (Å²) in [4.78, 5) is 4.74. The molecule has 0 saturated carbocycles. The topological polar surface area (TPSA) is 42.3 Å². The molecule has 0 aliphatic carbocycles. The van der Waals surface area contributed by atoms with Crippen LogP contribution in [-0.2, 0) is 0 Å². The van der Waals surface area contributed by atoms with Crippen LogP contribution in [0.25, 0.3) is 0 Å². The predicted octanol–water partition coefficient (Wildman–Crippen LogP) is 2.32. The van der Waals surface area contributed by atoms with Crippen molar-refractivity contribution in [2.75, 3.05) is 40.3 Å². The summed E-state index contributed by atoms with van der Waals surface area (Å²) >= 11 is 0. The molecule has 0 aromatic heterocycles. The van der Waals surface area contributed by atoms with Crippen molar-refractivity contribution in [1.29, 1.82) is 5.26 Å². The van der Waals surface area contributed by atoms with E-state index < -0.39 is 0 Å². The summed E-state index contributed by atoms with van der Waals surface area (Å²) in [6.45, 7) is 12.7. The van der Waals surface area contributed by atoms with Gasteiger partial charge in [-0.3, -0.25) is 10.2 Å². The molecule has 20 heavy (non-hydrogen) atoms. The van der Waals surface area contributed by atoms with Crippen LogP contribution < -0.4 is 5.32 Å². The van der Waals surface area contributed by atoms with E-state index in [0.717, 1.165) is 45.4 Å². The highest BCUT2D eigenvalue weighted by Crippen LogP contribution is 2.17. The molecule has 0 fully saturated rings. The van der Waals surface area contributed by atoms with Crippen molar-refractivity contribution in [1.82, 2.24) is 15.1 Å². The smallest absolute Gasteiger partial charge is 0.106 e. The Morgan fingerprint density at radius 3 is 2.30 bits per heavy atom. The minimum Gasteiger partial charge on any atom is -0.308 e. The van der Waals surface area contributed by atoms with E-state index in [2.05, 4.69) is 63.0 Å². The Morgan fingerprint density at radius 1 is 1.25 bits per heavy atom. The van der Waals surface area contributed by atoms with Gasteiger partial charge < -0.3 is 4.90 Å². The number of nitriles is 1. The molecule has 118 valence electrons. The second-order valence-electron chi connectivity index (χ2n) is 5.92. The van der Waals surface area contributed by atoms with Crippen molar-refractivity contribution in [3.63, 3.8) is 0 Å². The first-order valence-corrected chi connectivity index (χ1v) is 7.99. The SMILES string of the molecule is CCNC(C#N)(CC)CCCN(CC)C(C)CN(C)C. The zero-order chi connectivity index (χ0) is 15.6. The highest BCUT2D eigenvalue weighted by Gasteiger charge is 2.26. The van der Waals surface area contributed by atoms with E-state index in [1.54, 1.807) is 0 Å². The minimum absolute atomic E-state index is 0.334. The Bertz CT molecular complexity index is 285. The zero-order valence-electron chi connectivity index (χ0n) is 14.4. The Balaban J connectivity index is 4.33. The van der Waals surface area contributed by atoms with Crippen LogP contribution >= 0.6 is 0 Å². The third-order valence-electron chi connectivity index (χ3n) is 4.04. The van der Waals surface area contributed by atoms with Gasteiger partial charge in [0.2, 0.25) is 0 Å².